The molecule has 0 N–H and O–H groups in total. The number of halogens is 3. The third kappa shape index (κ3) is 4.32. The van der Waals surface area contributed by atoms with Crippen molar-refractivity contribution >= 4 is 11.8 Å². The summed E-state index contributed by atoms with van der Waals surface area (Å²) in [6.45, 7) is 1.38. The van der Waals surface area contributed by atoms with Crippen LogP contribution in [0.3, 0.4) is 0 Å². The molecule has 3 heterocycles. The number of carbonyl (C=O) groups excluding carboxylic acids is 2. The summed E-state index contributed by atoms with van der Waals surface area (Å²) in [7, 11) is 0. The molecule has 2 unspecified atom stereocenters. The molecule has 0 spiro atoms. The van der Waals surface area contributed by atoms with Gasteiger partial charge in [-0.15, -0.1) is 0 Å². The molecule has 0 radical (unpaired) electrons. The molecule has 0 aliphatic carbocycles. The summed E-state index contributed by atoms with van der Waals surface area (Å²) in [5.74, 6) is -0.413. The highest BCUT2D eigenvalue weighted by Gasteiger charge is 2.39. The molecule has 3 aliphatic rings. The van der Waals surface area contributed by atoms with Gasteiger partial charge in [0.05, 0.1) is 6.42 Å². The van der Waals surface area contributed by atoms with E-state index in [1.54, 1.807) is 34.1 Å². The van der Waals surface area contributed by atoms with Crippen LogP contribution in [0.5, 0.6) is 0 Å². The Balaban J connectivity index is 1.68. The van der Waals surface area contributed by atoms with E-state index < -0.39 is 24.9 Å². The van der Waals surface area contributed by atoms with Gasteiger partial charge >= 0.3 is 6.18 Å². The van der Waals surface area contributed by atoms with Gasteiger partial charge in [0, 0.05) is 37.7 Å². The Morgan fingerprint density at radius 1 is 1.04 bits per heavy atom. The van der Waals surface area contributed by atoms with Crippen LogP contribution in [0, 0.1) is 5.92 Å². The number of hydrogen-bond acceptors (Lipinski definition) is 2. The number of benzene rings is 1. The molecule has 1 aromatic rings. The normalized spacial score (nSPS) is 23.5. The largest absolute Gasteiger partial charge is 0.389 e. The summed E-state index contributed by atoms with van der Waals surface area (Å²) in [6.07, 6.45) is -4.30. The first kappa shape index (κ1) is 17.8. The van der Waals surface area contributed by atoms with Crippen molar-refractivity contribution in [2.75, 3.05) is 19.6 Å². The van der Waals surface area contributed by atoms with E-state index in [1.807, 2.05) is 6.07 Å². The Morgan fingerprint density at radius 3 is 2.44 bits per heavy atom. The SMILES string of the molecule is O=C(c1ccccc1)N1CC2CCC(C1)N(C(=O)CCC(F)(F)F)C2. The first-order chi connectivity index (χ1) is 11.8. The Kier molecular flexibility index (Phi) is 5.01. The van der Waals surface area contributed by atoms with Crippen LogP contribution in [-0.2, 0) is 4.79 Å². The summed E-state index contributed by atoms with van der Waals surface area (Å²) in [5, 5.41) is 0. The molecule has 1 aromatic carbocycles. The standard InChI is InChI=1S/C18H21F3N2O2/c19-18(20,21)9-8-16(24)23-11-13-6-7-15(23)12-22(10-13)17(25)14-4-2-1-3-5-14/h1-5,13,15H,6-12H2. The van der Waals surface area contributed by atoms with Gasteiger partial charge in [0.25, 0.3) is 5.91 Å². The Morgan fingerprint density at radius 2 is 1.76 bits per heavy atom. The highest BCUT2D eigenvalue weighted by molar-refractivity contribution is 5.94. The lowest BCUT2D eigenvalue weighted by atomic mass is 9.94. The van der Waals surface area contributed by atoms with Crippen molar-refractivity contribution in [3.8, 4) is 0 Å². The zero-order valence-corrected chi connectivity index (χ0v) is 13.8. The van der Waals surface area contributed by atoms with Crippen LogP contribution in [0.4, 0.5) is 13.2 Å². The van der Waals surface area contributed by atoms with Crippen LogP contribution >= 0.6 is 0 Å². The van der Waals surface area contributed by atoms with E-state index in [4.69, 9.17) is 0 Å². The molecule has 0 saturated carbocycles. The second kappa shape index (κ2) is 7.06. The monoisotopic (exact) mass is 354 g/mol. The van der Waals surface area contributed by atoms with Gasteiger partial charge in [0.2, 0.25) is 5.91 Å². The van der Waals surface area contributed by atoms with E-state index >= 15 is 0 Å². The van der Waals surface area contributed by atoms with Crippen molar-refractivity contribution in [2.45, 2.75) is 37.9 Å². The van der Waals surface area contributed by atoms with Crippen LogP contribution in [0.15, 0.2) is 30.3 Å². The average Bonchev–Trinajstić information content (AvgIpc) is 2.91. The molecule has 2 amide bonds. The molecule has 3 saturated heterocycles. The van der Waals surface area contributed by atoms with Gasteiger partial charge in [-0.1, -0.05) is 18.2 Å². The number of nitrogens with zero attached hydrogens (tertiary/aromatic N) is 2. The predicted molar refractivity (Wildman–Crippen MR) is 85.9 cm³/mol. The molecule has 2 atom stereocenters. The third-order valence-electron chi connectivity index (χ3n) is 4.96. The Hall–Kier alpha value is -2.05. The van der Waals surface area contributed by atoms with Gasteiger partial charge in [0.15, 0.2) is 0 Å². The minimum absolute atomic E-state index is 0.0814. The fourth-order valence-corrected chi connectivity index (χ4v) is 3.71. The van der Waals surface area contributed by atoms with E-state index in [0.717, 1.165) is 12.8 Å². The number of rotatable bonds is 3. The lowest BCUT2D eigenvalue weighted by Gasteiger charge is -2.36. The molecule has 136 valence electrons. The van der Waals surface area contributed by atoms with Gasteiger partial charge in [-0.05, 0) is 30.9 Å². The number of alkyl halides is 3. The molecule has 4 nitrogen and oxygen atoms in total. The van der Waals surface area contributed by atoms with Gasteiger partial charge in [-0.3, -0.25) is 9.59 Å². The summed E-state index contributed by atoms with van der Waals surface area (Å²) < 4.78 is 37.1. The minimum atomic E-state index is -4.32. The molecule has 2 bridgehead atoms. The molecule has 25 heavy (non-hydrogen) atoms. The maximum Gasteiger partial charge on any atom is 0.389 e. The molecule has 3 aliphatic heterocycles. The maximum absolute atomic E-state index is 12.7. The first-order valence-electron chi connectivity index (χ1n) is 8.54. The number of fused-ring (bicyclic) bond motifs is 4. The highest BCUT2D eigenvalue weighted by Crippen LogP contribution is 2.30. The summed E-state index contributed by atoms with van der Waals surface area (Å²) in [6, 6.07) is 8.75. The number of amides is 2. The summed E-state index contributed by atoms with van der Waals surface area (Å²) in [5.41, 5.74) is 0.596. The Labute approximate surface area is 144 Å². The maximum atomic E-state index is 12.7. The van der Waals surface area contributed by atoms with E-state index in [2.05, 4.69) is 0 Å². The lowest BCUT2D eigenvalue weighted by molar-refractivity contribution is -0.151. The molecular formula is C18H21F3N2O2. The molecule has 7 heteroatoms. The van der Waals surface area contributed by atoms with E-state index in [1.165, 1.54) is 0 Å². The number of hydrogen-bond donors (Lipinski definition) is 0. The third-order valence-corrected chi connectivity index (χ3v) is 4.96. The topological polar surface area (TPSA) is 40.6 Å². The fraction of sp³-hybridized carbons (Fsp3) is 0.556. The van der Waals surface area contributed by atoms with E-state index in [0.29, 0.717) is 25.2 Å². The number of carbonyl (C=O) groups is 2. The van der Waals surface area contributed by atoms with Gasteiger partial charge in [-0.25, -0.2) is 0 Å². The fourth-order valence-electron chi connectivity index (χ4n) is 3.71. The zero-order chi connectivity index (χ0) is 18.0. The summed E-state index contributed by atoms with van der Waals surface area (Å²) >= 11 is 0. The predicted octanol–water partition coefficient (Wildman–Crippen LogP) is 3.09. The van der Waals surface area contributed by atoms with Gasteiger partial charge in [0.1, 0.15) is 0 Å². The van der Waals surface area contributed by atoms with Crippen molar-refractivity contribution < 1.29 is 22.8 Å². The quantitative estimate of drug-likeness (QED) is 0.837. The van der Waals surface area contributed by atoms with Gasteiger partial charge in [-0.2, -0.15) is 13.2 Å². The van der Waals surface area contributed by atoms with Crippen molar-refractivity contribution in [2.24, 2.45) is 5.92 Å². The zero-order valence-electron chi connectivity index (χ0n) is 13.8. The van der Waals surface area contributed by atoms with Crippen molar-refractivity contribution in [3.63, 3.8) is 0 Å². The average molecular weight is 354 g/mol. The minimum Gasteiger partial charge on any atom is -0.338 e. The van der Waals surface area contributed by atoms with Crippen LogP contribution in [-0.4, -0.2) is 53.5 Å². The molecule has 4 rings (SSSR count). The first-order valence-corrected chi connectivity index (χ1v) is 8.54. The smallest absolute Gasteiger partial charge is 0.338 e. The Bertz CT molecular complexity index is 633. The molecule has 3 fully saturated rings. The summed E-state index contributed by atoms with van der Waals surface area (Å²) in [4.78, 5) is 28.2. The van der Waals surface area contributed by atoms with Crippen LogP contribution in [0.25, 0.3) is 0 Å². The number of piperidine rings is 1. The van der Waals surface area contributed by atoms with Crippen LogP contribution in [0.1, 0.15) is 36.0 Å². The van der Waals surface area contributed by atoms with Gasteiger partial charge < -0.3 is 9.80 Å². The highest BCUT2D eigenvalue weighted by atomic mass is 19.4. The van der Waals surface area contributed by atoms with E-state index in [-0.39, 0.29) is 17.9 Å². The van der Waals surface area contributed by atoms with Crippen LogP contribution in [0.2, 0.25) is 0 Å². The van der Waals surface area contributed by atoms with Crippen LogP contribution < -0.4 is 0 Å². The second-order valence-electron chi connectivity index (χ2n) is 6.83. The second-order valence-corrected chi connectivity index (χ2v) is 6.83. The van der Waals surface area contributed by atoms with E-state index in [9.17, 15) is 22.8 Å². The molecule has 0 aromatic heterocycles. The van der Waals surface area contributed by atoms with Crippen molar-refractivity contribution in [1.29, 1.82) is 0 Å². The molecular weight excluding hydrogens is 333 g/mol. The van der Waals surface area contributed by atoms with Crippen molar-refractivity contribution in [3.05, 3.63) is 35.9 Å². The lowest BCUT2D eigenvalue weighted by Crippen LogP contribution is -2.47. The van der Waals surface area contributed by atoms with Crippen molar-refractivity contribution in [1.82, 2.24) is 9.80 Å².